The van der Waals surface area contributed by atoms with E-state index < -0.39 is 0 Å². The Bertz CT molecular complexity index is 1160. The van der Waals surface area contributed by atoms with Crippen LogP contribution in [0.25, 0.3) is 0 Å². The lowest BCUT2D eigenvalue weighted by Gasteiger charge is -2.08. The van der Waals surface area contributed by atoms with Crippen LogP contribution in [0.15, 0.2) is 84.9 Å². The maximum absolute atomic E-state index is 11.4. The fraction of sp³-hybridized carbons (Fsp3) is 0.462. The van der Waals surface area contributed by atoms with Crippen LogP contribution in [0.4, 0.5) is 0 Å². The Labute approximate surface area is 255 Å². The number of carbonyl (C=O) groups excluding carboxylic acids is 1. The average molecular weight is 569 g/mol. The summed E-state index contributed by atoms with van der Waals surface area (Å²) in [4.78, 5) is 11.4. The molecule has 0 spiro atoms. The standard InChI is InChI=1S/C39H52O3/c1-32(2)39(40)42-31-11-7-5-9-13-34-16-20-36(21-17-34)23-25-38-28-26-37(27-29-38)24-22-35-18-14-33(15-19-35)12-8-4-6-10-30-41-3/h14-21,26-29H,1,4-13,22-25,30-31H2,2-3H3. The van der Waals surface area contributed by atoms with Crippen molar-refractivity contribution in [2.75, 3.05) is 20.3 Å². The zero-order valence-electron chi connectivity index (χ0n) is 26.2. The zero-order valence-corrected chi connectivity index (χ0v) is 26.2. The predicted molar refractivity (Wildman–Crippen MR) is 176 cm³/mol. The number of unbranched alkanes of at least 4 members (excludes halogenated alkanes) is 6. The molecule has 0 radical (unpaired) electrons. The quantitative estimate of drug-likeness (QED) is 0.0730. The first kappa shape index (κ1) is 33.3. The molecule has 0 aliphatic rings. The van der Waals surface area contributed by atoms with E-state index in [1.165, 1.54) is 71.9 Å². The number of ether oxygens (including phenoxy) is 2. The van der Waals surface area contributed by atoms with Gasteiger partial charge in [0.15, 0.2) is 0 Å². The van der Waals surface area contributed by atoms with Gasteiger partial charge in [-0.05, 0) is 105 Å². The number of aryl methyl sites for hydroxylation is 6. The van der Waals surface area contributed by atoms with Crippen molar-refractivity contribution in [3.63, 3.8) is 0 Å². The zero-order chi connectivity index (χ0) is 29.8. The second-order valence-electron chi connectivity index (χ2n) is 11.7. The first-order chi connectivity index (χ1) is 20.5. The van der Waals surface area contributed by atoms with Crippen LogP contribution < -0.4 is 0 Å². The van der Waals surface area contributed by atoms with Gasteiger partial charge in [-0.1, -0.05) is 105 Å². The van der Waals surface area contributed by atoms with Crippen LogP contribution in [0.2, 0.25) is 0 Å². The molecule has 3 rings (SSSR count). The summed E-state index contributed by atoms with van der Waals surface area (Å²) in [7, 11) is 1.78. The first-order valence-corrected chi connectivity index (χ1v) is 16.1. The highest BCUT2D eigenvalue weighted by molar-refractivity contribution is 5.86. The van der Waals surface area contributed by atoms with Crippen LogP contribution in [0.1, 0.15) is 91.7 Å². The van der Waals surface area contributed by atoms with E-state index in [2.05, 4.69) is 79.4 Å². The summed E-state index contributed by atoms with van der Waals surface area (Å²) in [6.45, 7) is 6.67. The SMILES string of the molecule is C=C(C)C(=O)OCCCCCCc1ccc(CCc2ccc(CCc3ccc(CCCCCCOC)cc3)cc2)cc1. The van der Waals surface area contributed by atoms with E-state index in [-0.39, 0.29) is 5.97 Å². The van der Waals surface area contributed by atoms with E-state index in [1.54, 1.807) is 14.0 Å². The van der Waals surface area contributed by atoms with E-state index in [1.807, 2.05) is 0 Å². The molecule has 3 nitrogen and oxygen atoms in total. The molecule has 3 heteroatoms. The van der Waals surface area contributed by atoms with E-state index in [9.17, 15) is 4.79 Å². The van der Waals surface area contributed by atoms with Crippen molar-refractivity contribution >= 4 is 5.97 Å². The Morgan fingerprint density at radius 1 is 0.500 bits per heavy atom. The highest BCUT2D eigenvalue weighted by Crippen LogP contribution is 2.15. The number of hydrogen-bond acceptors (Lipinski definition) is 3. The van der Waals surface area contributed by atoms with Crippen molar-refractivity contribution in [3.05, 3.63) is 118 Å². The van der Waals surface area contributed by atoms with E-state index >= 15 is 0 Å². The monoisotopic (exact) mass is 568 g/mol. The smallest absolute Gasteiger partial charge is 0.333 e. The van der Waals surface area contributed by atoms with Crippen LogP contribution in [0, 0.1) is 0 Å². The van der Waals surface area contributed by atoms with Gasteiger partial charge in [0, 0.05) is 19.3 Å². The minimum absolute atomic E-state index is 0.282. The molecule has 0 fully saturated rings. The third-order valence-corrected chi connectivity index (χ3v) is 7.98. The van der Waals surface area contributed by atoms with E-state index in [0.717, 1.165) is 58.0 Å². The minimum Gasteiger partial charge on any atom is -0.462 e. The molecular formula is C39H52O3. The summed E-state index contributed by atoms with van der Waals surface area (Å²) in [6, 6.07) is 27.6. The number of rotatable bonds is 21. The van der Waals surface area contributed by atoms with E-state index in [0.29, 0.717) is 12.2 Å². The molecule has 0 bridgehead atoms. The maximum Gasteiger partial charge on any atom is 0.333 e. The van der Waals surface area contributed by atoms with Crippen molar-refractivity contribution in [3.8, 4) is 0 Å². The van der Waals surface area contributed by atoms with Crippen molar-refractivity contribution in [2.45, 2.75) is 96.8 Å². The van der Waals surface area contributed by atoms with Gasteiger partial charge in [-0.2, -0.15) is 0 Å². The molecule has 226 valence electrons. The molecule has 0 unspecified atom stereocenters. The number of hydrogen-bond donors (Lipinski definition) is 0. The Kier molecular flexibility index (Phi) is 15.8. The summed E-state index contributed by atoms with van der Waals surface area (Å²) in [5.74, 6) is -0.282. The second-order valence-corrected chi connectivity index (χ2v) is 11.7. The highest BCUT2D eigenvalue weighted by atomic mass is 16.5. The Balaban J connectivity index is 1.28. The van der Waals surface area contributed by atoms with Gasteiger partial charge >= 0.3 is 5.97 Å². The van der Waals surface area contributed by atoms with Gasteiger partial charge in [-0.25, -0.2) is 4.79 Å². The van der Waals surface area contributed by atoms with Crippen LogP contribution in [-0.2, 0) is 52.8 Å². The van der Waals surface area contributed by atoms with Gasteiger partial charge in [0.05, 0.1) is 6.61 Å². The molecule has 0 N–H and O–H groups in total. The normalized spacial score (nSPS) is 11.0. The van der Waals surface area contributed by atoms with E-state index in [4.69, 9.17) is 9.47 Å². The largest absolute Gasteiger partial charge is 0.462 e. The van der Waals surface area contributed by atoms with Gasteiger partial charge in [0.1, 0.15) is 0 Å². The molecule has 0 heterocycles. The molecule has 0 atom stereocenters. The highest BCUT2D eigenvalue weighted by Gasteiger charge is 2.03. The third-order valence-electron chi connectivity index (χ3n) is 7.98. The van der Waals surface area contributed by atoms with Gasteiger partial charge in [-0.15, -0.1) is 0 Å². The lowest BCUT2D eigenvalue weighted by atomic mass is 9.98. The maximum atomic E-state index is 11.4. The molecule has 3 aromatic carbocycles. The molecule has 0 aliphatic carbocycles. The summed E-state index contributed by atoms with van der Waals surface area (Å²) in [5, 5.41) is 0. The molecule has 0 amide bonds. The second kappa shape index (κ2) is 19.9. The van der Waals surface area contributed by atoms with Crippen LogP contribution in [0.3, 0.4) is 0 Å². The number of methoxy groups -OCH3 is 1. The van der Waals surface area contributed by atoms with Gasteiger partial charge in [-0.3, -0.25) is 0 Å². The molecule has 0 aliphatic heterocycles. The topological polar surface area (TPSA) is 35.5 Å². The van der Waals surface area contributed by atoms with Crippen molar-refractivity contribution in [1.82, 2.24) is 0 Å². The predicted octanol–water partition coefficient (Wildman–Crippen LogP) is 9.23. The molecule has 3 aromatic rings. The van der Waals surface area contributed by atoms with Crippen molar-refractivity contribution < 1.29 is 14.3 Å². The summed E-state index contributed by atoms with van der Waals surface area (Å²) >= 11 is 0. The van der Waals surface area contributed by atoms with Crippen LogP contribution >= 0.6 is 0 Å². The van der Waals surface area contributed by atoms with Crippen molar-refractivity contribution in [1.29, 1.82) is 0 Å². The Hall–Kier alpha value is -3.17. The molecule has 0 saturated heterocycles. The van der Waals surface area contributed by atoms with Crippen LogP contribution in [-0.4, -0.2) is 26.3 Å². The lowest BCUT2D eigenvalue weighted by molar-refractivity contribution is -0.139. The summed E-state index contributed by atoms with van der Waals surface area (Å²) in [5.41, 5.74) is 8.97. The minimum atomic E-state index is -0.282. The van der Waals surface area contributed by atoms with Crippen LogP contribution in [0.5, 0.6) is 0 Å². The molecule has 0 aromatic heterocycles. The summed E-state index contributed by atoms with van der Waals surface area (Å²) in [6.07, 6.45) is 15.9. The Morgan fingerprint density at radius 2 is 0.810 bits per heavy atom. The fourth-order valence-corrected chi connectivity index (χ4v) is 5.20. The average Bonchev–Trinajstić information content (AvgIpc) is 3.01. The van der Waals surface area contributed by atoms with Crippen molar-refractivity contribution in [2.24, 2.45) is 0 Å². The molecular weight excluding hydrogens is 516 g/mol. The summed E-state index contributed by atoms with van der Waals surface area (Å²) < 4.78 is 10.3. The fourth-order valence-electron chi connectivity index (χ4n) is 5.20. The molecule has 0 saturated carbocycles. The third kappa shape index (κ3) is 13.7. The van der Waals surface area contributed by atoms with Gasteiger partial charge < -0.3 is 9.47 Å². The lowest BCUT2D eigenvalue weighted by Crippen LogP contribution is -2.06. The van der Waals surface area contributed by atoms with Gasteiger partial charge in [0.25, 0.3) is 0 Å². The van der Waals surface area contributed by atoms with Gasteiger partial charge in [0.2, 0.25) is 0 Å². The number of esters is 1. The number of carbonyl (C=O) groups is 1. The first-order valence-electron chi connectivity index (χ1n) is 16.1. The molecule has 42 heavy (non-hydrogen) atoms. The number of benzene rings is 3. The Morgan fingerprint density at radius 3 is 1.14 bits per heavy atom.